The molecule has 0 aromatic carbocycles. The Morgan fingerprint density at radius 1 is 1.04 bits per heavy atom. The van der Waals surface area contributed by atoms with Crippen molar-refractivity contribution in [3.05, 3.63) is 6.42 Å². The van der Waals surface area contributed by atoms with Gasteiger partial charge in [0.15, 0.2) is 16.6 Å². The molecule has 1 fully saturated rings. The van der Waals surface area contributed by atoms with E-state index in [1.54, 1.807) is 0 Å². The molecule has 0 aromatic heterocycles. The van der Waals surface area contributed by atoms with Crippen LogP contribution in [-0.4, -0.2) is 42.2 Å². The fraction of sp³-hybridized carbons (Fsp3) is 0.895. The first-order valence-corrected chi connectivity index (χ1v) is 19.7. The first kappa shape index (κ1) is 30.1. The van der Waals surface area contributed by atoms with Gasteiger partial charge >= 0.3 is 51.4 Å². The molecule has 26 heavy (non-hydrogen) atoms. The minimum Gasteiger partial charge on any atom is -0.542 e. The van der Waals surface area contributed by atoms with Crippen molar-refractivity contribution in [2.24, 2.45) is 5.92 Å². The van der Waals surface area contributed by atoms with E-state index in [0.29, 0.717) is 5.92 Å². The molecule has 0 bridgehead atoms. The molecule has 0 saturated heterocycles. The van der Waals surface area contributed by atoms with Crippen molar-refractivity contribution in [1.29, 1.82) is 0 Å². The van der Waals surface area contributed by atoms with E-state index in [2.05, 4.69) is 52.2 Å². The molecular formula is C19H42KO3Si3-. The summed E-state index contributed by atoms with van der Waals surface area (Å²) in [5.74, 6) is 0.710. The molecule has 0 aromatic rings. The molecule has 2 unspecified atom stereocenters. The Labute approximate surface area is 209 Å². The quantitative estimate of drug-likeness (QED) is 0.465. The minimum absolute atomic E-state index is 0. The predicted octanol–water partition coefficient (Wildman–Crippen LogP) is 2.63. The Hall–Kier alpha value is 1.88. The van der Waals surface area contributed by atoms with E-state index in [-0.39, 0.29) is 57.5 Å². The molecule has 1 rings (SSSR count). The van der Waals surface area contributed by atoms with Gasteiger partial charge in [-0.05, 0) is 44.2 Å². The molecule has 1 saturated carbocycles. The fourth-order valence-electron chi connectivity index (χ4n) is 3.42. The number of hydrogen-bond acceptors (Lipinski definition) is 3. The van der Waals surface area contributed by atoms with Crippen LogP contribution in [0.4, 0.5) is 0 Å². The van der Waals surface area contributed by atoms with Gasteiger partial charge in [0.25, 0.3) is 0 Å². The number of hydrogen-bond donors (Lipinski definition) is 1. The van der Waals surface area contributed by atoms with Crippen molar-refractivity contribution < 1.29 is 65.4 Å². The Kier molecular flexibility index (Phi) is 16.2. The third kappa shape index (κ3) is 16.8. The van der Waals surface area contributed by atoms with Crippen LogP contribution in [-0.2, 0) is 8.91 Å². The Balaban J connectivity index is 0. The van der Waals surface area contributed by atoms with E-state index in [1.807, 2.05) is 0 Å². The van der Waals surface area contributed by atoms with Gasteiger partial charge in [-0.2, -0.15) is 13.3 Å². The van der Waals surface area contributed by atoms with Crippen LogP contribution in [0.3, 0.4) is 0 Å². The van der Waals surface area contributed by atoms with Crippen molar-refractivity contribution in [2.75, 3.05) is 0 Å². The van der Waals surface area contributed by atoms with Gasteiger partial charge in [-0.3, -0.25) is 6.29 Å². The second-order valence-corrected chi connectivity index (χ2v) is 24.4. The summed E-state index contributed by atoms with van der Waals surface area (Å²) < 4.78 is 6.77. The first-order chi connectivity index (χ1) is 11.3. The van der Waals surface area contributed by atoms with Crippen LogP contribution < -0.4 is 51.4 Å². The minimum atomic E-state index is -1.56. The smallest absolute Gasteiger partial charge is 0.542 e. The average molecular weight is 442 g/mol. The van der Waals surface area contributed by atoms with Gasteiger partial charge in [-0.1, -0.05) is 51.1 Å². The zero-order chi connectivity index (χ0) is 19.7. The van der Waals surface area contributed by atoms with Gasteiger partial charge in [0.1, 0.15) is 0 Å². The largest absolute Gasteiger partial charge is 1.00 e. The molecule has 1 aliphatic carbocycles. The molecular weight excluding hydrogens is 400 g/mol. The monoisotopic (exact) mass is 441 g/mol. The second-order valence-electron chi connectivity index (χ2n) is 9.91. The van der Waals surface area contributed by atoms with E-state index in [1.165, 1.54) is 44.2 Å². The maximum atomic E-state index is 9.78. The van der Waals surface area contributed by atoms with Crippen molar-refractivity contribution in [2.45, 2.75) is 103 Å². The molecule has 1 aliphatic rings. The normalized spacial score (nSPS) is 21.3. The molecule has 1 N–H and O–H groups in total. The third-order valence-corrected chi connectivity index (χ3v) is 14.4. The van der Waals surface area contributed by atoms with Gasteiger partial charge in [-0.25, -0.2) is 0 Å². The van der Waals surface area contributed by atoms with E-state index in [4.69, 9.17) is 8.91 Å². The first-order valence-electron chi connectivity index (χ1n) is 9.81. The summed E-state index contributed by atoms with van der Waals surface area (Å²) in [7, 11) is -4.02. The van der Waals surface area contributed by atoms with E-state index in [0.717, 1.165) is 12.8 Å². The molecule has 0 aliphatic heterocycles. The van der Waals surface area contributed by atoms with Gasteiger partial charge < -0.3 is 20.4 Å². The molecule has 0 spiro atoms. The summed E-state index contributed by atoms with van der Waals surface area (Å²) in [5, 5.41) is 9.78. The van der Waals surface area contributed by atoms with Gasteiger partial charge in [0.2, 0.25) is 0 Å². The molecule has 0 amide bonds. The van der Waals surface area contributed by atoms with Crippen molar-refractivity contribution >= 4 is 31.0 Å². The topological polar surface area (TPSA) is 46.5 Å². The molecule has 150 valence electrons. The van der Waals surface area contributed by atoms with E-state index >= 15 is 0 Å². The van der Waals surface area contributed by atoms with Crippen molar-refractivity contribution in [1.82, 2.24) is 0 Å². The molecule has 2 atom stereocenters. The van der Waals surface area contributed by atoms with Crippen LogP contribution in [0.2, 0.25) is 64.0 Å². The fourth-order valence-corrected chi connectivity index (χ4v) is 16.7. The van der Waals surface area contributed by atoms with Crippen LogP contribution in [0.25, 0.3) is 0 Å². The number of carbonyl (C=O) groups excluding carboxylic acids is 1. The number of aliphatic hydroxyl groups excluding tert-OH is 1. The summed E-state index contributed by atoms with van der Waals surface area (Å²) in [6.07, 6.45) is 7.99. The summed E-state index contributed by atoms with van der Waals surface area (Å²) in [6.45, 7) is 18.4. The van der Waals surface area contributed by atoms with Gasteiger partial charge in [0, 0.05) is 8.07 Å². The van der Waals surface area contributed by atoms with Gasteiger partial charge in [-0.15, -0.1) is 0 Å². The van der Waals surface area contributed by atoms with Crippen LogP contribution in [0.5, 0.6) is 0 Å². The molecule has 0 heterocycles. The SMILES string of the molecule is C[C-]=O.C[Si](C)(C)CC[Si](C)(C)O[Si](C)(C)CCC1CC[CH-]C(O)C1.[K+]. The van der Waals surface area contributed by atoms with Crippen LogP contribution in [0.15, 0.2) is 0 Å². The maximum Gasteiger partial charge on any atom is 1.00 e. The number of rotatable bonds is 8. The summed E-state index contributed by atoms with van der Waals surface area (Å²) in [5.41, 5.74) is 0. The standard InChI is InChI=1S/C17H39O2Si3.C2H3O.K/c1-20(2,3)13-14-22(6,7)19-21(4,5)12-11-16-9-8-10-17(18)15-16;1-2-3;/h10,16-18H,8-9,11-15H2,1-7H3;1H3;/q2*-1;+1. The average Bonchev–Trinajstić information content (AvgIpc) is 2.43. The Morgan fingerprint density at radius 2 is 1.54 bits per heavy atom. The number of aliphatic hydroxyl groups is 1. The van der Waals surface area contributed by atoms with Crippen LogP contribution >= 0.6 is 0 Å². The van der Waals surface area contributed by atoms with E-state index < -0.39 is 24.7 Å². The molecule has 7 heteroatoms. The molecule has 3 nitrogen and oxygen atoms in total. The molecule has 0 radical (unpaired) electrons. The third-order valence-electron chi connectivity index (χ3n) is 4.77. The summed E-state index contributed by atoms with van der Waals surface area (Å²) in [4.78, 5) is 8.68. The maximum absolute atomic E-state index is 9.78. The zero-order valence-corrected chi connectivity index (χ0v) is 25.1. The second kappa shape index (κ2) is 14.0. The van der Waals surface area contributed by atoms with Gasteiger partial charge in [0.05, 0.1) is 0 Å². The zero-order valence-electron chi connectivity index (χ0n) is 18.9. The van der Waals surface area contributed by atoms with Crippen molar-refractivity contribution in [3.8, 4) is 0 Å². The van der Waals surface area contributed by atoms with Crippen LogP contribution in [0.1, 0.15) is 32.6 Å². The van der Waals surface area contributed by atoms with E-state index in [9.17, 15) is 5.11 Å². The van der Waals surface area contributed by atoms with Crippen molar-refractivity contribution in [3.63, 3.8) is 0 Å². The van der Waals surface area contributed by atoms with Crippen LogP contribution in [0, 0.1) is 12.3 Å². The summed E-state index contributed by atoms with van der Waals surface area (Å²) >= 11 is 0. The Bertz CT molecular complexity index is 385. The predicted molar refractivity (Wildman–Crippen MR) is 117 cm³/mol. The summed E-state index contributed by atoms with van der Waals surface area (Å²) in [6, 6.07) is 3.99. The Morgan fingerprint density at radius 3 is 2.00 bits per heavy atom.